The standard InChI is InChI=1S/C15H16ClIN2/c1-10-2-5-12(9-14(10)16)15(19-18)8-11-3-6-13(17)7-4-11/h2-7,9,15,19H,8,18H2,1H3. The van der Waals surface area contributed by atoms with Crippen LogP contribution in [-0.4, -0.2) is 0 Å². The van der Waals surface area contributed by atoms with Gasteiger partial charge >= 0.3 is 0 Å². The first-order valence-electron chi connectivity index (χ1n) is 6.07. The lowest BCUT2D eigenvalue weighted by Crippen LogP contribution is -2.29. The molecule has 1 atom stereocenters. The summed E-state index contributed by atoms with van der Waals surface area (Å²) in [5.41, 5.74) is 6.30. The molecule has 0 fully saturated rings. The number of nitrogens with two attached hydrogens (primary N) is 1. The highest BCUT2D eigenvalue weighted by Crippen LogP contribution is 2.23. The second-order valence-electron chi connectivity index (χ2n) is 4.56. The van der Waals surface area contributed by atoms with Crippen LogP contribution in [0.3, 0.4) is 0 Å². The molecule has 4 heteroatoms. The van der Waals surface area contributed by atoms with Crippen molar-refractivity contribution < 1.29 is 0 Å². The van der Waals surface area contributed by atoms with E-state index in [2.05, 4.69) is 58.3 Å². The smallest absolute Gasteiger partial charge is 0.0500 e. The lowest BCUT2D eigenvalue weighted by atomic mass is 9.98. The molecular weight excluding hydrogens is 371 g/mol. The molecule has 0 bridgehead atoms. The number of nitrogens with one attached hydrogen (secondary N) is 1. The van der Waals surface area contributed by atoms with Gasteiger partial charge in [0.15, 0.2) is 0 Å². The van der Waals surface area contributed by atoms with Crippen LogP contribution in [0.2, 0.25) is 5.02 Å². The quantitative estimate of drug-likeness (QED) is 0.473. The normalized spacial score (nSPS) is 12.4. The Morgan fingerprint density at radius 3 is 2.47 bits per heavy atom. The molecule has 2 aromatic carbocycles. The van der Waals surface area contributed by atoms with Crippen LogP contribution in [0.1, 0.15) is 22.7 Å². The zero-order valence-electron chi connectivity index (χ0n) is 10.7. The van der Waals surface area contributed by atoms with Crippen LogP contribution in [0.5, 0.6) is 0 Å². The summed E-state index contributed by atoms with van der Waals surface area (Å²) in [7, 11) is 0. The van der Waals surface area contributed by atoms with Crippen LogP contribution >= 0.6 is 34.2 Å². The molecule has 0 aliphatic carbocycles. The molecule has 2 rings (SSSR count). The van der Waals surface area contributed by atoms with Crippen molar-refractivity contribution in [1.29, 1.82) is 0 Å². The highest BCUT2D eigenvalue weighted by molar-refractivity contribution is 14.1. The molecule has 0 amide bonds. The van der Waals surface area contributed by atoms with Crippen molar-refractivity contribution in [1.82, 2.24) is 5.43 Å². The third-order valence-electron chi connectivity index (χ3n) is 3.15. The summed E-state index contributed by atoms with van der Waals surface area (Å²) in [6.45, 7) is 2.00. The summed E-state index contributed by atoms with van der Waals surface area (Å²) >= 11 is 8.47. The van der Waals surface area contributed by atoms with Crippen molar-refractivity contribution in [3.05, 3.63) is 67.7 Å². The van der Waals surface area contributed by atoms with Crippen LogP contribution in [0.15, 0.2) is 42.5 Å². The van der Waals surface area contributed by atoms with E-state index in [-0.39, 0.29) is 6.04 Å². The minimum Gasteiger partial charge on any atom is -0.271 e. The summed E-state index contributed by atoms with van der Waals surface area (Å²) in [5.74, 6) is 5.68. The van der Waals surface area contributed by atoms with E-state index in [1.807, 2.05) is 19.1 Å². The van der Waals surface area contributed by atoms with E-state index in [0.717, 1.165) is 22.6 Å². The average Bonchev–Trinajstić information content (AvgIpc) is 2.41. The minimum absolute atomic E-state index is 0.0677. The molecule has 0 radical (unpaired) electrons. The molecule has 1 unspecified atom stereocenters. The Morgan fingerprint density at radius 2 is 1.89 bits per heavy atom. The van der Waals surface area contributed by atoms with Gasteiger partial charge in [-0.2, -0.15) is 0 Å². The van der Waals surface area contributed by atoms with E-state index in [9.17, 15) is 0 Å². The molecule has 0 saturated heterocycles. The maximum atomic E-state index is 6.17. The molecule has 0 spiro atoms. The molecular formula is C15H16ClIN2. The van der Waals surface area contributed by atoms with Gasteiger partial charge in [0.1, 0.15) is 0 Å². The van der Waals surface area contributed by atoms with Gasteiger partial charge in [0.05, 0.1) is 6.04 Å². The first-order chi connectivity index (χ1) is 9.10. The van der Waals surface area contributed by atoms with Crippen LogP contribution in [0, 0.1) is 10.5 Å². The molecule has 0 heterocycles. The summed E-state index contributed by atoms with van der Waals surface area (Å²) in [5, 5.41) is 0.778. The monoisotopic (exact) mass is 386 g/mol. The van der Waals surface area contributed by atoms with Gasteiger partial charge in [-0.15, -0.1) is 0 Å². The number of aryl methyl sites for hydroxylation is 1. The highest BCUT2D eigenvalue weighted by atomic mass is 127. The van der Waals surface area contributed by atoms with E-state index in [0.29, 0.717) is 0 Å². The van der Waals surface area contributed by atoms with Crippen molar-refractivity contribution >= 4 is 34.2 Å². The second kappa shape index (κ2) is 6.70. The Balaban J connectivity index is 2.19. The third kappa shape index (κ3) is 3.92. The predicted molar refractivity (Wildman–Crippen MR) is 89.1 cm³/mol. The van der Waals surface area contributed by atoms with Crippen molar-refractivity contribution in [2.45, 2.75) is 19.4 Å². The van der Waals surface area contributed by atoms with Gasteiger partial charge in [0.25, 0.3) is 0 Å². The highest BCUT2D eigenvalue weighted by Gasteiger charge is 2.11. The van der Waals surface area contributed by atoms with Crippen molar-refractivity contribution in [3.63, 3.8) is 0 Å². The SMILES string of the molecule is Cc1ccc(C(Cc2ccc(I)cc2)NN)cc1Cl. The Hall–Kier alpha value is -0.620. The molecule has 0 saturated carbocycles. The van der Waals surface area contributed by atoms with E-state index in [1.54, 1.807) is 0 Å². The first kappa shape index (κ1) is 14.8. The van der Waals surface area contributed by atoms with Gasteiger partial charge < -0.3 is 0 Å². The number of hydrogen-bond donors (Lipinski definition) is 2. The third-order valence-corrected chi connectivity index (χ3v) is 4.28. The summed E-state index contributed by atoms with van der Waals surface area (Å²) in [4.78, 5) is 0. The molecule has 0 aromatic heterocycles. The summed E-state index contributed by atoms with van der Waals surface area (Å²) < 4.78 is 1.23. The van der Waals surface area contributed by atoms with Crippen LogP contribution in [-0.2, 0) is 6.42 Å². The van der Waals surface area contributed by atoms with E-state index >= 15 is 0 Å². The lowest BCUT2D eigenvalue weighted by molar-refractivity contribution is 0.552. The number of hydrazine groups is 1. The number of rotatable bonds is 4. The van der Waals surface area contributed by atoms with Gasteiger partial charge in [-0.3, -0.25) is 11.3 Å². The van der Waals surface area contributed by atoms with Gasteiger partial charge in [-0.1, -0.05) is 35.9 Å². The van der Waals surface area contributed by atoms with Gasteiger partial charge in [0.2, 0.25) is 0 Å². The Kier molecular flexibility index (Phi) is 5.21. The molecule has 100 valence electrons. The van der Waals surface area contributed by atoms with Crippen LogP contribution in [0.25, 0.3) is 0 Å². The minimum atomic E-state index is 0.0677. The van der Waals surface area contributed by atoms with Crippen molar-refractivity contribution in [2.24, 2.45) is 5.84 Å². The predicted octanol–water partition coefficient (Wildman–Crippen LogP) is 4.00. The lowest BCUT2D eigenvalue weighted by Gasteiger charge is -2.17. The van der Waals surface area contributed by atoms with Gasteiger partial charge in [0, 0.05) is 8.59 Å². The Bertz CT molecular complexity index is 555. The fraction of sp³-hybridized carbons (Fsp3) is 0.200. The Labute approximate surface area is 132 Å². The van der Waals surface area contributed by atoms with Crippen LogP contribution in [0.4, 0.5) is 0 Å². The second-order valence-corrected chi connectivity index (χ2v) is 6.21. The zero-order chi connectivity index (χ0) is 13.8. The number of hydrogen-bond acceptors (Lipinski definition) is 2. The molecule has 19 heavy (non-hydrogen) atoms. The fourth-order valence-corrected chi connectivity index (χ4v) is 2.50. The zero-order valence-corrected chi connectivity index (χ0v) is 13.6. The Morgan fingerprint density at radius 1 is 1.21 bits per heavy atom. The molecule has 3 N–H and O–H groups in total. The molecule has 2 aromatic rings. The fourth-order valence-electron chi connectivity index (χ4n) is 1.96. The molecule has 0 aliphatic heterocycles. The van der Waals surface area contributed by atoms with Gasteiger partial charge in [-0.05, 0) is 70.8 Å². The molecule has 0 aliphatic rings. The van der Waals surface area contributed by atoms with Crippen LogP contribution < -0.4 is 11.3 Å². The number of benzene rings is 2. The topological polar surface area (TPSA) is 38.0 Å². The largest absolute Gasteiger partial charge is 0.271 e. The first-order valence-corrected chi connectivity index (χ1v) is 7.52. The van der Waals surface area contributed by atoms with E-state index in [1.165, 1.54) is 9.13 Å². The summed E-state index contributed by atoms with van der Waals surface area (Å²) in [6, 6.07) is 14.6. The maximum Gasteiger partial charge on any atom is 0.0500 e. The molecule has 2 nitrogen and oxygen atoms in total. The van der Waals surface area contributed by atoms with Crippen molar-refractivity contribution in [3.8, 4) is 0 Å². The summed E-state index contributed by atoms with van der Waals surface area (Å²) in [6.07, 6.45) is 0.840. The average molecular weight is 387 g/mol. The maximum absolute atomic E-state index is 6.17. The van der Waals surface area contributed by atoms with E-state index in [4.69, 9.17) is 17.4 Å². The number of halogens is 2. The van der Waals surface area contributed by atoms with Crippen molar-refractivity contribution in [2.75, 3.05) is 0 Å². The van der Waals surface area contributed by atoms with E-state index < -0.39 is 0 Å². The van der Waals surface area contributed by atoms with Gasteiger partial charge in [-0.25, -0.2) is 0 Å².